The molecule has 0 unspecified atom stereocenters. The highest BCUT2D eigenvalue weighted by Crippen LogP contribution is 2.28. The molecule has 4 aromatic rings. The van der Waals surface area contributed by atoms with Gasteiger partial charge in [0, 0.05) is 24.2 Å². The predicted octanol–water partition coefficient (Wildman–Crippen LogP) is 5.39. The number of nitro groups is 1. The number of aryl methyl sites for hydroxylation is 1. The first-order valence-electron chi connectivity index (χ1n) is 10.5. The lowest BCUT2D eigenvalue weighted by Gasteiger charge is -2.12. The summed E-state index contributed by atoms with van der Waals surface area (Å²) >= 11 is 1.22. The quantitative estimate of drug-likeness (QED) is 0.0999. The van der Waals surface area contributed by atoms with Crippen LogP contribution in [0.25, 0.3) is 10.8 Å². The Balaban J connectivity index is 1.47. The van der Waals surface area contributed by atoms with Crippen LogP contribution in [0.4, 0.5) is 5.69 Å². The van der Waals surface area contributed by atoms with E-state index in [0.29, 0.717) is 17.5 Å². The fourth-order valence-corrected chi connectivity index (χ4v) is 4.42. The number of non-ortho nitro benzene ring substituents is 1. The number of carbonyl (C=O) groups excluding carboxylic acids is 1. The van der Waals surface area contributed by atoms with E-state index in [1.165, 1.54) is 30.0 Å². The van der Waals surface area contributed by atoms with Gasteiger partial charge in [-0.15, -0.1) is 16.8 Å². The summed E-state index contributed by atoms with van der Waals surface area (Å²) in [6.45, 7) is 6.48. The molecule has 0 bridgehead atoms. The van der Waals surface area contributed by atoms with Gasteiger partial charge in [-0.1, -0.05) is 60.3 Å². The highest BCUT2D eigenvalue weighted by Gasteiger charge is 2.17. The van der Waals surface area contributed by atoms with Crippen molar-refractivity contribution in [2.75, 3.05) is 5.75 Å². The number of ketones is 1. The fourth-order valence-electron chi connectivity index (χ4n) is 3.56. The summed E-state index contributed by atoms with van der Waals surface area (Å²) in [6, 6.07) is 17.8. The zero-order valence-corrected chi connectivity index (χ0v) is 19.3. The lowest BCUT2D eigenvalue weighted by Crippen LogP contribution is -2.09. The first-order chi connectivity index (χ1) is 16.5. The first kappa shape index (κ1) is 23.2. The lowest BCUT2D eigenvalue weighted by atomic mass is 10.0. The molecule has 0 radical (unpaired) electrons. The second kappa shape index (κ2) is 10.3. The van der Waals surface area contributed by atoms with Gasteiger partial charge in [0.1, 0.15) is 12.4 Å². The van der Waals surface area contributed by atoms with E-state index in [1.54, 1.807) is 12.1 Å². The average molecular weight is 475 g/mol. The van der Waals surface area contributed by atoms with Gasteiger partial charge in [-0.05, 0) is 29.3 Å². The van der Waals surface area contributed by atoms with Crippen LogP contribution in [0.1, 0.15) is 21.7 Å². The summed E-state index contributed by atoms with van der Waals surface area (Å²) in [5, 5.41) is 22.3. The molecule has 0 aliphatic rings. The van der Waals surface area contributed by atoms with E-state index in [2.05, 4.69) is 28.9 Å². The largest absolute Gasteiger partial charge is 0.485 e. The number of nitrogens with zero attached hydrogens (tertiary/aromatic N) is 4. The minimum absolute atomic E-state index is 0.0705. The van der Waals surface area contributed by atoms with Crippen LogP contribution in [0.2, 0.25) is 0 Å². The Morgan fingerprint density at radius 2 is 2.00 bits per heavy atom. The van der Waals surface area contributed by atoms with Crippen LogP contribution in [0.15, 0.2) is 78.5 Å². The smallest absolute Gasteiger partial charge is 0.270 e. The molecule has 9 heteroatoms. The van der Waals surface area contributed by atoms with Crippen molar-refractivity contribution in [2.24, 2.45) is 0 Å². The number of ether oxygens (including phenoxy) is 1. The van der Waals surface area contributed by atoms with Crippen molar-refractivity contribution in [3.8, 4) is 5.75 Å². The topological polar surface area (TPSA) is 100 Å². The predicted molar refractivity (Wildman–Crippen MR) is 131 cm³/mol. The van der Waals surface area contributed by atoms with Gasteiger partial charge in [0.25, 0.3) is 5.69 Å². The number of nitro benzene ring substituents is 1. The monoisotopic (exact) mass is 474 g/mol. The number of rotatable bonds is 10. The van der Waals surface area contributed by atoms with Gasteiger partial charge in [0.15, 0.2) is 16.8 Å². The van der Waals surface area contributed by atoms with Gasteiger partial charge in [-0.3, -0.25) is 19.5 Å². The Morgan fingerprint density at radius 1 is 1.18 bits per heavy atom. The Bertz CT molecular complexity index is 1380. The van der Waals surface area contributed by atoms with Crippen LogP contribution in [-0.2, 0) is 13.2 Å². The molecule has 0 atom stereocenters. The fraction of sp³-hybridized carbons (Fsp3) is 0.160. The third kappa shape index (κ3) is 4.99. The summed E-state index contributed by atoms with van der Waals surface area (Å²) in [7, 11) is 0. The van der Waals surface area contributed by atoms with Crippen molar-refractivity contribution in [3.05, 3.63) is 100 Å². The van der Waals surface area contributed by atoms with Crippen molar-refractivity contribution in [3.63, 3.8) is 0 Å². The molecule has 0 aliphatic heterocycles. The minimum atomic E-state index is -0.520. The third-order valence-electron chi connectivity index (χ3n) is 5.32. The van der Waals surface area contributed by atoms with Crippen molar-refractivity contribution >= 4 is 34.0 Å². The maximum atomic E-state index is 12.6. The molecule has 0 amide bonds. The van der Waals surface area contributed by atoms with Gasteiger partial charge in [0.05, 0.1) is 10.7 Å². The highest BCUT2D eigenvalue weighted by atomic mass is 32.2. The second-order valence-electron chi connectivity index (χ2n) is 7.52. The number of carbonyl (C=O) groups is 1. The van der Waals surface area contributed by atoms with Crippen LogP contribution < -0.4 is 4.74 Å². The van der Waals surface area contributed by atoms with Crippen LogP contribution in [-0.4, -0.2) is 31.2 Å². The van der Waals surface area contributed by atoms with Crippen LogP contribution in [0, 0.1) is 17.0 Å². The van der Waals surface area contributed by atoms with Gasteiger partial charge in [0.2, 0.25) is 0 Å². The summed E-state index contributed by atoms with van der Waals surface area (Å²) < 4.78 is 7.91. The number of allylic oxidation sites excluding steroid dienone is 1. The number of benzene rings is 3. The standard InChI is InChI=1S/C25H22N4O4S/c1-3-13-28-24(15-33-23-12-11-18-7-4-5-10-21(18)17(23)2)26-27-25(28)34-16-22(30)19-8-6-9-20(14-19)29(31)32/h3-12,14H,1,13,15-16H2,2H3. The van der Waals surface area contributed by atoms with E-state index in [4.69, 9.17) is 4.74 Å². The molecule has 0 aliphatic carbocycles. The Hall–Kier alpha value is -3.98. The maximum absolute atomic E-state index is 12.6. The summed E-state index contributed by atoms with van der Waals surface area (Å²) in [5.41, 5.74) is 1.21. The van der Waals surface area contributed by atoms with Crippen molar-refractivity contribution in [1.29, 1.82) is 0 Å². The summed E-state index contributed by atoms with van der Waals surface area (Å²) in [6.07, 6.45) is 1.72. The molecule has 1 heterocycles. The van der Waals surface area contributed by atoms with Gasteiger partial charge >= 0.3 is 0 Å². The number of hydrogen-bond donors (Lipinski definition) is 0. The van der Waals surface area contributed by atoms with Crippen LogP contribution >= 0.6 is 11.8 Å². The van der Waals surface area contributed by atoms with E-state index in [-0.39, 0.29) is 29.4 Å². The summed E-state index contributed by atoms with van der Waals surface area (Å²) in [4.78, 5) is 23.0. The van der Waals surface area contributed by atoms with E-state index in [0.717, 1.165) is 22.1 Å². The zero-order chi connectivity index (χ0) is 24.1. The second-order valence-corrected chi connectivity index (χ2v) is 8.46. The molecule has 0 saturated heterocycles. The van der Waals surface area contributed by atoms with Crippen LogP contribution in [0.5, 0.6) is 5.75 Å². The Labute approximate surface area is 200 Å². The Kier molecular flexibility index (Phi) is 7.03. The van der Waals surface area contributed by atoms with Gasteiger partial charge in [-0.2, -0.15) is 0 Å². The molecule has 172 valence electrons. The number of thioether (sulfide) groups is 1. The number of hydrogen-bond acceptors (Lipinski definition) is 7. The normalized spacial score (nSPS) is 10.9. The molecule has 0 N–H and O–H groups in total. The van der Waals surface area contributed by atoms with E-state index >= 15 is 0 Å². The summed E-state index contributed by atoms with van der Waals surface area (Å²) in [5.74, 6) is 1.22. The molecule has 0 fully saturated rings. The molecule has 1 aromatic heterocycles. The van der Waals surface area contributed by atoms with Gasteiger partial charge < -0.3 is 4.74 Å². The minimum Gasteiger partial charge on any atom is -0.485 e. The SMILES string of the molecule is C=CCn1c(COc2ccc3ccccc3c2C)nnc1SCC(=O)c1cccc([N+](=O)[O-])c1. The van der Waals surface area contributed by atoms with E-state index < -0.39 is 4.92 Å². The molecular weight excluding hydrogens is 452 g/mol. The average Bonchev–Trinajstić information content (AvgIpc) is 3.24. The number of Topliss-reactive ketones (excluding diaryl/α,β-unsaturated/α-hetero) is 1. The highest BCUT2D eigenvalue weighted by molar-refractivity contribution is 7.99. The maximum Gasteiger partial charge on any atom is 0.270 e. The molecule has 34 heavy (non-hydrogen) atoms. The molecule has 8 nitrogen and oxygen atoms in total. The van der Waals surface area contributed by atoms with Crippen molar-refractivity contribution < 1.29 is 14.5 Å². The Morgan fingerprint density at radius 3 is 2.79 bits per heavy atom. The number of fused-ring (bicyclic) bond motifs is 1. The van der Waals surface area contributed by atoms with Crippen LogP contribution in [0.3, 0.4) is 0 Å². The van der Waals surface area contributed by atoms with E-state index in [1.807, 2.05) is 35.8 Å². The van der Waals surface area contributed by atoms with Gasteiger partial charge in [-0.25, -0.2) is 0 Å². The molecule has 4 rings (SSSR count). The van der Waals surface area contributed by atoms with E-state index in [9.17, 15) is 14.9 Å². The molecule has 0 saturated carbocycles. The third-order valence-corrected chi connectivity index (χ3v) is 6.29. The first-order valence-corrected chi connectivity index (χ1v) is 11.5. The number of aromatic nitrogens is 3. The van der Waals surface area contributed by atoms with Crippen molar-refractivity contribution in [1.82, 2.24) is 14.8 Å². The lowest BCUT2D eigenvalue weighted by molar-refractivity contribution is -0.384. The molecular formula is C25H22N4O4S. The zero-order valence-electron chi connectivity index (χ0n) is 18.5. The molecule has 3 aromatic carbocycles. The van der Waals surface area contributed by atoms with Crippen molar-refractivity contribution in [2.45, 2.75) is 25.2 Å². The molecule has 0 spiro atoms.